The predicted molar refractivity (Wildman–Crippen MR) is 97.0 cm³/mol. The number of nitrogens with zero attached hydrogens (tertiary/aromatic N) is 5. The molecule has 0 radical (unpaired) electrons. The van der Waals surface area contributed by atoms with E-state index in [0.29, 0.717) is 17.1 Å². The second-order valence-electron chi connectivity index (χ2n) is 5.42. The van der Waals surface area contributed by atoms with Crippen molar-refractivity contribution in [2.45, 2.75) is 6.04 Å². The topological polar surface area (TPSA) is 182 Å². The van der Waals surface area contributed by atoms with E-state index in [0.717, 1.165) is 5.56 Å². The van der Waals surface area contributed by atoms with Gasteiger partial charge in [0.1, 0.15) is 41.1 Å². The van der Waals surface area contributed by atoms with Crippen LogP contribution in [0, 0.1) is 34.1 Å². The molecule has 10 heteroatoms. The molecule has 2 aromatic rings. The minimum Gasteiger partial charge on any atom is -0.479 e. The van der Waals surface area contributed by atoms with Crippen LogP contribution in [-0.4, -0.2) is 17.6 Å². The van der Waals surface area contributed by atoms with Crippen LogP contribution < -0.4 is 26.8 Å². The van der Waals surface area contributed by atoms with Crippen LogP contribution in [0.4, 0.5) is 17.3 Å². The number of nitriles is 3. The molecule has 132 valence electrons. The minimum atomic E-state index is -0.623. The van der Waals surface area contributed by atoms with Crippen LogP contribution >= 0.6 is 0 Å². The molecule has 1 aromatic heterocycles. The van der Waals surface area contributed by atoms with E-state index in [1.54, 1.807) is 30.5 Å². The summed E-state index contributed by atoms with van der Waals surface area (Å²) >= 11 is 0. The number of aliphatic imine (C=N–C) groups is 1. The third-order valence-corrected chi connectivity index (χ3v) is 3.86. The summed E-state index contributed by atoms with van der Waals surface area (Å²) in [5, 5.41) is 32.1. The number of nitrogens with two attached hydrogens (primary N) is 2. The highest BCUT2D eigenvalue weighted by Gasteiger charge is 2.29. The van der Waals surface area contributed by atoms with Crippen LogP contribution in [0.2, 0.25) is 0 Å². The van der Waals surface area contributed by atoms with Gasteiger partial charge in [0.25, 0.3) is 0 Å². The number of pyridine rings is 1. The monoisotopic (exact) mass is 359 g/mol. The number of guanidine groups is 1. The van der Waals surface area contributed by atoms with Crippen molar-refractivity contribution in [1.82, 2.24) is 10.3 Å². The molecule has 1 atom stereocenters. The number of benzene rings is 1. The molecule has 3 rings (SSSR count). The Morgan fingerprint density at radius 1 is 1.19 bits per heavy atom. The van der Waals surface area contributed by atoms with E-state index in [-0.39, 0.29) is 29.6 Å². The summed E-state index contributed by atoms with van der Waals surface area (Å²) in [7, 11) is 0. The lowest BCUT2D eigenvalue weighted by molar-refractivity contribution is 0.368. The second kappa shape index (κ2) is 7.18. The Labute approximate surface area is 154 Å². The Morgan fingerprint density at radius 2 is 1.93 bits per heavy atom. The summed E-state index contributed by atoms with van der Waals surface area (Å²) in [5.41, 5.74) is 13.4. The maximum atomic E-state index is 9.31. The fourth-order valence-electron chi connectivity index (χ4n) is 2.68. The van der Waals surface area contributed by atoms with Crippen molar-refractivity contribution in [3.8, 4) is 24.1 Å². The summed E-state index contributed by atoms with van der Waals surface area (Å²) < 4.78 is 5.24. The lowest BCUT2D eigenvalue weighted by atomic mass is 9.95. The zero-order valence-electron chi connectivity index (χ0n) is 13.9. The molecule has 0 fully saturated rings. The van der Waals surface area contributed by atoms with E-state index in [1.165, 1.54) is 0 Å². The number of anilines is 3. The second-order valence-corrected chi connectivity index (χ2v) is 5.42. The number of aromatic nitrogens is 1. The van der Waals surface area contributed by atoms with Crippen molar-refractivity contribution in [3.05, 3.63) is 41.0 Å². The molecule has 0 bridgehead atoms. The SMILES string of the molecule is N#CCOc1ccc(C2N=C(NC#N)Nc3nc(N)c(C#N)c(N)c32)cc1. The van der Waals surface area contributed by atoms with E-state index in [2.05, 4.69) is 20.6 Å². The number of nitrogens with one attached hydrogen (secondary N) is 2. The van der Waals surface area contributed by atoms with Crippen LogP contribution in [-0.2, 0) is 0 Å². The van der Waals surface area contributed by atoms with E-state index in [1.807, 2.05) is 12.1 Å². The first kappa shape index (κ1) is 17.3. The molecule has 1 unspecified atom stereocenters. The molecule has 6 N–H and O–H groups in total. The number of rotatable bonds is 3. The maximum Gasteiger partial charge on any atom is 0.211 e. The Bertz CT molecular complexity index is 1040. The minimum absolute atomic E-state index is 0.0153. The molecular weight excluding hydrogens is 346 g/mol. The zero-order chi connectivity index (χ0) is 19.4. The average Bonchev–Trinajstić information content (AvgIpc) is 2.66. The van der Waals surface area contributed by atoms with E-state index < -0.39 is 6.04 Å². The molecule has 2 heterocycles. The van der Waals surface area contributed by atoms with Gasteiger partial charge in [-0.2, -0.15) is 15.8 Å². The first-order valence-corrected chi connectivity index (χ1v) is 7.67. The number of fused-ring (bicyclic) bond motifs is 1. The largest absolute Gasteiger partial charge is 0.479 e. The Morgan fingerprint density at radius 3 is 2.56 bits per heavy atom. The van der Waals surface area contributed by atoms with Gasteiger partial charge in [0.05, 0.1) is 5.69 Å². The summed E-state index contributed by atoms with van der Waals surface area (Å²) in [6, 6.07) is 10.1. The van der Waals surface area contributed by atoms with Gasteiger partial charge in [0.2, 0.25) is 5.96 Å². The summed E-state index contributed by atoms with van der Waals surface area (Å²) in [6.45, 7) is -0.0639. The van der Waals surface area contributed by atoms with Crippen molar-refractivity contribution in [1.29, 1.82) is 15.8 Å². The standard InChI is InChI=1S/C17H13N9O/c18-5-6-27-10-3-1-9(2-4-10)14-12-13(21)11(7-19)15(22)25-16(12)26-17(24-14)23-8-20/h1-4,14H,6H2,(H6,21,22,23,24,25,26). The van der Waals surface area contributed by atoms with E-state index in [9.17, 15) is 5.26 Å². The Hall–Kier alpha value is -4.49. The van der Waals surface area contributed by atoms with Gasteiger partial charge in [0, 0.05) is 5.56 Å². The lowest BCUT2D eigenvalue weighted by Crippen LogP contribution is -2.32. The van der Waals surface area contributed by atoms with Gasteiger partial charge in [-0.1, -0.05) is 12.1 Å². The Kier molecular flexibility index (Phi) is 4.61. The summed E-state index contributed by atoms with van der Waals surface area (Å²) in [5.74, 6) is 0.996. The van der Waals surface area contributed by atoms with Crippen molar-refractivity contribution in [2.75, 3.05) is 23.4 Å². The van der Waals surface area contributed by atoms with Crippen LogP contribution in [0.15, 0.2) is 29.3 Å². The molecule has 0 saturated heterocycles. The maximum absolute atomic E-state index is 9.31. The van der Waals surface area contributed by atoms with Crippen LogP contribution in [0.5, 0.6) is 5.75 Å². The smallest absolute Gasteiger partial charge is 0.211 e. The molecule has 0 amide bonds. The van der Waals surface area contributed by atoms with Crippen molar-refractivity contribution >= 4 is 23.3 Å². The van der Waals surface area contributed by atoms with Crippen molar-refractivity contribution < 1.29 is 4.74 Å². The zero-order valence-corrected chi connectivity index (χ0v) is 13.9. The highest BCUT2D eigenvalue weighted by atomic mass is 16.5. The number of nitrogen functional groups attached to an aromatic ring is 2. The average molecular weight is 359 g/mol. The molecule has 0 spiro atoms. The fourth-order valence-corrected chi connectivity index (χ4v) is 2.68. The van der Waals surface area contributed by atoms with Gasteiger partial charge in [0.15, 0.2) is 12.8 Å². The third-order valence-electron chi connectivity index (χ3n) is 3.86. The predicted octanol–water partition coefficient (Wildman–Crippen LogP) is 0.962. The first-order chi connectivity index (χ1) is 13.1. The molecule has 27 heavy (non-hydrogen) atoms. The summed E-state index contributed by atoms with van der Waals surface area (Å²) in [4.78, 5) is 8.63. The molecule has 1 aliphatic heterocycles. The van der Waals surface area contributed by atoms with Gasteiger partial charge in [-0.15, -0.1) is 0 Å². The van der Waals surface area contributed by atoms with Gasteiger partial charge in [-0.3, -0.25) is 5.32 Å². The van der Waals surface area contributed by atoms with Gasteiger partial charge in [-0.25, -0.2) is 9.98 Å². The molecule has 10 nitrogen and oxygen atoms in total. The first-order valence-electron chi connectivity index (χ1n) is 7.67. The van der Waals surface area contributed by atoms with Crippen LogP contribution in [0.1, 0.15) is 22.7 Å². The molecule has 0 saturated carbocycles. The fraction of sp³-hybridized carbons (Fsp3) is 0.118. The normalized spacial score (nSPS) is 14.4. The number of hydrogen-bond donors (Lipinski definition) is 4. The van der Waals surface area contributed by atoms with Gasteiger partial charge < -0.3 is 21.5 Å². The third kappa shape index (κ3) is 3.21. The summed E-state index contributed by atoms with van der Waals surface area (Å²) in [6.07, 6.45) is 1.79. The van der Waals surface area contributed by atoms with E-state index in [4.69, 9.17) is 26.7 Å². The molecule has 1 aromatic carbocycles. The highest BCUT2D eigenvalue weighted by molar-refractivity contribution is 5.98. The molecular formula is C17H13N9O. The quantitative estimate of drug-likeness (QED) is 0.458. The number of ether oxygens (including phenoxy) is 1. The van der Waals surface area contributed by atoms with Gasteiger partial charge >= 0.3 is 0 Å². The highest BCUT2D eigenvalue weighted by Crippen LogP contribution is 2.40. The molecule has 1 aliphatic rings. The van der Waals surface area contributed by atoms with E-state index >= 15 is 0 Å². The van der Waals surface area contributed by atoms with Crippen LogP contribution in [0.3, 0.4) is 0 Å². The van der Waals surface area contributed by atoms with Crippen molar-refractivity contribution in [3.63, 3.8) is 0 Å². The van der Waals surface area contributed by atoms with Crippen LogP contribution in [0.25, 0.3) is 0 Å². The van der Waals surface area contributed by atoms with Gasteiger partial charge in [-0.05, 0) is 17.7 Å². The number of hydrogen-bond acceptors (Lipinski definition) is 10. The molecule has 0 aliphatic carbocycles. The lowest BCUT2D eigenvalue weighted by Gasteiger charge is -2.26. The van der Waals surface area contributed by atoms with Crippen molar-refractivity contribution in [2.24, 2.45) is 4.99 Å². The Balaban J connectivity index is 2.10.